The van der Waals surface area contributed by atoms with Crippen molar-refractivity contribution in [2.75, 3.05) is 38.8 Å². The van der Waals surface area contributed by atoms with Crippen LogP contribution in [0.15, 0.2) is 53.5 Å². The lowest BCUT2D eigenvalue weighted by atomic mass is 10.2. The van der Waals surface area contributed by atoms with Crippen molar-refractivity contribution >= 4 is 35.6 Å². The highest BCUT2D eigenvalue weighted by Crippen LogP contribution is 2.30. The Labute approximate surface area is 203 Å². The maximum atomic E-state index is 12.5. The van der Waals surface area contributed by atoms with E-state index in [9.17, 15) is 13.2 Å². The molecule has 0 aromatic heterocycles. The number of hydrogen-bond donors (Lipinski definition) is 2. The minimum absolute atomic E-state index is 0. The molecule has 0 spiro atoms. The second kappa shape index (κ2) is 12.0. The van der Waals surface area contributed by atoms with E-state index in [0.29, 0.717) is 11.5 Å². The molecular formula is C22H28F3IN4O2. The van der Waals surface area contributed by atoms with Crippen molar-refractivity contribution in [2.24, 2.45) is 4.99 Å². The Kier molecular flexibility index (Phi) is 9.73. The third-order valence-electron chi connectivity index (χ3n) is 4.99. The average Bonchev–Trinajstić information content (AvgIpc) is 3.23. The highest BCUT2D eigenvalue weighted by atomic mass is 127. The van der Waals surface area contributed by atoms with Crippen LogP contribution in [-0.4, -0.2) is 52.0 Å². The molecule has 2 aromatic carbocycles. The van der Waals surface area contributed by atoms with Crippen molar-refractivity contribution in [2.45, 2.75) is 25.2 Å². The van der Waals surface area contributed by atoms with E-state index < -0.39 is 12.8 Å². The third-order valence-corrected chi connectivity index (χ3v) is 4.99. The second-order valence-corrected chi connectivity index (χ2v) is 7.19. The van der Waals surface area contributed by atoms with Crippen LogP contribution in [0.1, 0.15) is 12.0 Å². The number of methoxy groups -OCH3 is 1. The van der Waals surface area contributed by atoms with Gasteiger partial charge in [-0.2, -0.15) is 13.2 Å². The second-order valence-electron chi connectivity index (χ2n) is 7.19. The summed E-state index contributed by atoms with van der Waals surface area (Å²) in [5.41, 5.74) is 1.67. The molecule has 0 bridgehead atoms. The molecule has 0 aliphatic carbocycles. The molecule has 176 valence electrons. The molecule has 3 rings (SSSR count). The molecule has 2 aromatic rings. The fourth-order valence-corrected chi connectivity index (χ4v) is 3.51. The van der Waals surface area contributed by atoms with Crippen LogP contribution >= 0.6 is 24.0 Å². The predicted molar refractivity (Wildman–Crippen MR) is 130 cm³/mol. The van der Waals surface area contributed by atoms with Gasteiger partial charge in [0.2, 0.25) is 0 Å². The lowest BCUT2D eigenvalue weighted by Crippen LogP contribution is -2.44. The van der Waals surface area contributed by atoms with Gasteiger partial charge >= 0.3 is 6.18 Å². The lowest BCUT2D eigenvalue weighted by molar-refractivity contribution is -0.153. The summed E-state index contributed by atoms with van der Waals surface area (Å²) >= 11 is 0. The summed E-state index contributed by atoms with van der Waals surface area (Å²) in [5.74, 6) is 1.62. The van der Waals surface area contributed by atoms with Crippen LogP contribution in [0, 0.1) is 0 Å². The van der Waals surface area contributed by atoms with Crippen LogP contribution in [0.25, 0.3) is 0 Å². The number of hydrogen-bond acceptors (Lipinski definition) is 4. The summed E-state index contributed by atoms with van der Waals surface area (Å²) < 4.78 is 47.9. The molecule has 10 heteroatoms. The maximum Gasteiger partial charge on any atom is 0.422 e. The summed E-state index contributed by atoms with van der Waals surface area (Å²) in [6.07, 6.45) is -3.46. The number of rotatable bonds is 7. The van der Waals surface area contributed by atoms with Gasteiger partial charge in [-0.05, 0) is 24.6 Å². The van der Waals surface area contributed by atoms with Crippen LogP contribution in [0.4, 0.5) is 18.9 Å². The number of ether oxygens (including phenoxy) is 2. The summed E-state index contributed by atoms with van der Waals surface area (Å²) in [7, 11) is 3.32. The van der Waals surface area contributed by atoms with Gasteiger partial charge in [0.1, 0.15) is 11.5 Å². The molecular weight excluding hydrogens is 536 g/mol. The predicted octanol–water partition coefficient (Wildman–Crippen LogP) is 4.20. The van der Waals surface area contributed by atoms with E-state index in [1.165, 1.54) is 6.07 Å². The Balaban J connectivity index is 0.00000363. The molecule has 1 aliphatic rings. The molecule has 0 saturated carbocycles. The first-order valence-electron chi connectivity index (χ1n) is 10.0. The van der Waals surface area contributed by atoms with Crippen molar-refractivity contribution in [3.8, 4) is 11.5 Å². The lowest BCUT2D eigenvalue weighted by Gasteiger charge is -2.22. The van der Waals surface area contributed by atoms with E-state index in [4.69, 9.17) is 9.47 Å². The molecule has 6 nitrogen and oxygen atoms in total. The quantitative estimate of drug-likeness (QED) is 0.300. The summed E-state index contributed by atoms with van der Waals surface area (Å²) in [5, 5.41) is 6.55. The number of alkyl halides is 3. The van der Waals surface area contributed by atoms with Crippen molar-refractivity contribution < 1.29 is 22.6 Å². The van der Waals surface area contributed by atoms with Gasteiger partial charge in [-0.15, -0.1) is 24.0 Å². The summed E-state index contributed by atoms with van der Waals surface area (Å²) in [4.78, 5) is 6.50. The zero-order chi connectivity index (χ0) is 22.3. The van der Waals surface area contributed by atoms with E-state index in [0.717, 1.165) is 30.9 Å². The Morgan fingerprint density at radius 2 is 1.81 bits per heavy atom. The number of benzene rings is 2. The highest BCUT2D eigenvalue weighted by Gasteiger charge is 2.29. The molecule has 1 atom stereocenters. The fraction of sp³-hybridized carbons (Fsp3) is 0.409. The normalized spacial score (nSPS) is 16.3. The number of nitrogens with one attached hydrogen (secondary N) is 2. The number of anilines is 1. The number of aliphatic imine (C=N–C) groups is 1. The Bertz CT molecular complexity index is 895. The molecule has 1 unspecified atom stereocenters. The zero-order valence-corrected chi connectivity index (χ0v) is 20.3. The largest absolute Gasteiger partial charge is 0.495 e. The van der Waals surface area contributed by atoms with Gasteiger partial charge in [-0.3, -0.25) is 4.99 Å². The van der Waals surface area contributed by atoms with Crippen molar-refractivity contribution in [1.82, 2.24) is 10.6 Å². The van der Waals surface area contributed by atoms with Gasteiger partial charge in [0.05, 0.1) is 12.8 Å². The van der Waals surface area contributed by atoms with Gasteiger partial charge < -0.3 is 25.0 Å². The fourth-order valence-electron chi connectivity index (χ4n) is 3.51. The summed E-state index contributed by atoms with van der Waals surface area (Å²) in [6, 6.07) is 14.7. The van der Waals surface area contributed by atoms with Crippen LogP contribution < -0.4 is 25.0 Å². The zero-order valence-electron chi connectivity index (χ0n) is 18.0. The first kappa shape index (κ1) is 25.9. The standard InChI is InChI=1S/C22H27F3N4O2.HI/c1-26-21(27-13-16-7-3-5-9-19(16)31-15-22(23,24)25)28-17-11-12-29(14-17)18-8-4-6-10-20(18)30-2;/h3-10,17H,11-15H2,1-2H3,(H2,26,27,28);1H. The van der Waals surface area contributed by atoms with Gasteiger partial charge in [-0.25, -0.2) is 0 Å². The number of nitrogens with zero attached hydrogens (tertiary/aromatic N) is 2. The summed E-state index contributed by atoms with van der Waals surface area (Å²) in [6.45, 7) is 0.629. The first-order valence-corrected chi connectivity index (χ1v) is 10.0. The minimum Gasteiger partial charge on any atom is -0.495 e. The minimum atomic E-state index is -4.38. The molecule has 1 aliphatic heterocycles. The maximum absolute atomic E-state index is 12.5. The van der Waals surface area contributed by atoms with Crippen molar-refractivity contribution in [3.05, 3.63) is 54.1 Å². The van der Waals surface area contributed by atoms with E-state index in [1.807, 2.05) is 24.3 Å². The number of guanidine groups is 1. The van der Waals surface area contributed by atoms with E-state index in [-0.39, 0.29) is 42.3 Å². The number of para-hydroxylation sites is 3. The molecule has 1 saturated heterocycles. The van der Waals surface area contributed by atoms with E-state index in [2.05, 4.69) is 20.5 Å². The van der Waals surface area contributed by atoms with Gasteiger partial charge in [0.15, 0.2) is 12.6 Å². The van der Waals surface area contributed by atoms with Crippen LogP contribution in [-0.2, 0) is 6.54 Å². The molecule has 0 amide bonds. The molecule has 0 radical (unpaired) electrons. The van der Waals surface area contributed by atoms with Gasteiger partial charge in [0, 0.05) is 38.3 Å². The molecule has 1 fully saturated rings. The number of halogens is 4. The smallest absolute Gasteiger partial charge is 0.422 e. The van der Waals surface area contributed by atoms with E-state index in [1.54, 1.807) is 32.4 Å². The van der Waals surface area contributed by atoms with Crippen molar-refractivity contribution in [1.29, 1.82) is 0 Å². The van der Waals surface area contributed by atoms with Gasteiger partial charge in [-0.1, -0.05) is 30.3 Å². The Morgan fingerprint density at radius 1 is 1.12 bits per heavy atom. The van der Waals surface area contributed by atoms with Crippen LogP contribution in [0.5, 0.6) is 11.5 Å². The Hall–Kier alpha value is -2.37. The topological polar surface area (TPSA) is 58.1 Å². The monoisotopic (exact) mass is 564 g/mol. The SMILES string of the molecule is CN=C(NCc1ccccc1OCC(F)(F)F)NC1CCN(c2ccccc2OC)C1.I. The third kappa shape index (κ3) is 7.35. The molecule has 1 heterocycles. The molecule has 2 N–H and O–H groups in total. The van der Waals surface area contributed by atoms with E-state index >= 15 is 0 Å². The van der Waals surface area contributed by atoms with Gasteiger partial charge in [0.25, 0.3) is 0 Å². The van der Waals surface area contributed by atoms with Crippen LogP contribution in [0.3, 0.4) is 0 Å². The van der Waals surface area contributed by atoms with Crippen LogP contribution in [0.2, 0.25) is 0 Å². The average molecular weight is 564 g/mol. The Morgan fingerprint density at radius 3 is 2.50 bits per heavy atom. The van der Waals surface area contributed by atoms with Crippen molar-refractivity contribution in [3.63, 3.8) is 0 Å². The first-order chi connectivity index (χ1) is 14.9. The highest BCUT2D eigenvalue weighted by molar-refractivity contribution is 14.0. The molecule has 32 heavy (non-hydrogen) atoms.